The van der Waals surface area contributed by atoms with Crippen LogP contribution in [0.15, 0.2) is 47.1 Å². The molecule has 6 heteroatoms. The Morgan fingerprint density at radius 3 is 2.52 bits per heavy atom. The molecule has 0 bridgehead atoms. The number of esters is 1. The third-order valence-corrected chi connectivity index (χ3v) is 3.11. The second kappa shape index (κ2) is 7.64. The van der Waals surface area contributed by atoms with Gasteiger partial charge in [0.2, 0.25) is 5.88 Å². The number of rotatable bonds is 6. The molecule has 0 amide bonds. The highest BCUT2D eigenvalue weighted by molar-refractivity contribution is 9.10. The van der Waals surface area contributed by atoms with Crippen molar-refractivity contribution in [2.24, 2.45) is 0 Å². The number of methoxy groups -OCH3 is 1. The first-order valence-corrected chi connectivity index (χ1v) is 7.04. The Labute approximate surface area is 131 Å². The van der Waals surface area contributed by atoms with Crippen molar-refractivity contribution in [3.05, 3.63) is 52.6 Å². The Morgan fingerprint density at radius 2 is 1.90 bits per heavy atom. The second-order valence-corrected chi connectivity index (χ2v) is 4.94. The number of hydrogen-bond acceptors (Lipinski definition) is 5. The van der Waals surface area contributed by atoms with Gasteiger partial charge >= 0.3 is 5.97 Å². The molecule has 1 aromatic carbocycles. The molecule has 0 saturated carbocycles. The van der Waals surface area contributed by atoms with Gasteiger partial charge in [0.05, 0.1) is 12.7 Å². The molecule has 2 aromatic rings. The molecular formula is C15H14BrNO4. The molecule has 2 rings (SSSR count). The standard InChI is InChI=1S/C15H14BrNO4/c1-19-14-7-2-11(10-17-14)15(18)21-9-8-20-13-5-3-12(16)4-6-13/h2-7,10H,8-9H2,1H3. The third kappa shape index (κ3) is 4.75. The van der Waals surface area contributed by atoms with Gasteiger partial charge < -0.3 is 14.2 Å². The first-order chi connectivity index (χ1) is 10.2. The largest absolute Gasteiger partial charge is 0.490 e. The molecule has 0 aliphatic heterocycles. The van der Waals surface area contributed by atoms with E-state index in [0.717, 1.165) is 10.2 Å². The summed E-state index contributed by atoms with van der Waals surface area (Å²) in [5.41, 5.74) is 0.374. The highest BCUT2D eigenvalue weighted by Gasteiger charge is 2.07. The number of aromatic nitrogens is 1. The summed E-state index contributed by atoms with van der Waals surface area (Å²) in [7, 11) is 1.51. The molecule has 0 aliphatic rings. The van der Waals surface area contributed by atoms with Crippen molar-refractivity contribution in [3.8, 4) is 11.6 Å². The first-order valence-electron chi connectivity index (χ1n) is 6.24. The zero-order valence-corrected chi connectivity index (χ0v) is 13.0. The molecule has 0 spiro atoms. The van der Waals surface area contributed by atoms with Crippen molar-refractivity contribution in [2.45, 2.75) is 0 Å². The second-order valence-electron chi connectivity index (χ2n) is 4.03. The summed E-state index contributed by atoms with van der Waals surface area (Å²) in [5.74, 6) is 0.732. The van der Waals surface area contributed by atoms with Gasteiger partial charge in [-0.25, -0.2) is 9.78 Å². The topological polar surface area (TPSA) is 57.7 Å². The Morgan fingerprint density at radius 1 is 1.14 bits per heavy atom. The summed E-state index contributed by atoms with van der Waals surface area (Å²) < 4.78 is 16.4. The molecule has 0 saturated heterocycles. The van der Waals surface area contributed by atoms with E-state index in [1.54, 1.807) is 12.1 Å². The van der Waals surface area contributed by atoms with Crippen LogP contribution in [-0.2, 0) is 4.74 Å². The molecule has 1 heterocycles. The fourth-order valence-corrected chi connectivity index (χ4v) is 1.79. The fraction of sp³-hybridized carbons (Fsp3) is 0.200. The van der Waals surface area contributed by atoms with E-state index in [2.05, 4.69) is 20.9 Å². The molecule has 0 N–H and O–H groups in total. The van der Waals surface area contributed by atoms with E-state index in [9.17, 15) is 4.79 Å². The maximum Gasteiger partial charge on any atom is 0.339 e. The van der Waals surface area contributed by atoms with E-state index in [0.29, 0.717) is 11.4 Å². The number of benzene rings is 1. The van der Waals surface area contributed by atoms with Crippen molar-refractivity contribution < 1.29 is 19.0 Å². The number of pyridine rings is 1. The molecule has 5 nitrogen and oxygen atoms in total. The van der Waals surface area contributed by atoms with Gasteiger partial charge in [0.25, 0.3) is 0 Å². The lowest BCUT2D eigenvalue weighted by atomic mass is 10.3. The number of hydrogen-bond donors (Lipinski definition) is 0. The predicted octanol–water partition coefficient (Wildman–Crippen LogP) is 3.09. The first kappa shape index (κ1) is 15.3. The molecule has 21 heavy (non-hydrogen) atoms. The number of ether oxygens (including phenoxy) is 3. The van der Waals surface area contributed by atoms with Crippen LogP contribution >= 0.6 is 15.9 Å². The maximum absolute atomic E-state index is 11.7. The SMILES string of the molecule is COc1ccc(C(=O)OCCOc2ccc(Br)cc2)cn1. The van der Waals surface area contributed by atoms with Gasteiger partial charge in [-0.15, -0.1) is 0 Å². The van der Waals surface area contributed by atoms with Crippen LogP contribution in [0.4, 0.5) is 0 Å². The average molecular weight is 352 g/mol. The van der Waals surface area contributed by atoms with Gasteiger partial charge in [-0.1, -0.05) is 15.9 Å². The summed E-state index contributed by atoms with van der Waals surface area (Å²) in [6.07, 6.45) is 1.41. The minimum absolute atomic E-state index is 0.168. The van der Waals surface area contributed by atoms with Gasteiger partial charge in [-0.2, -0.15) is 0 Å². The Balaban J connectivity index is 1.74. The molecule has 0 unspecified atom stereocenters. The number of carbonyl (C=O) groups is 1. The number of halogens is 1. The third-order valence-electron chi connectivity index (χ3n) is 2.58. The van der Waals surface area contributed by atoms with Crippen LogP contribution in [0.25, 0.3) is 0 Å². The lowest BCUT2D eigenvalue weighted by Gasteiger charge is -2.07. The summed E-state index contributed by atoms with van der Waals surface area (Å²) in [6, 6.07) is 10.6. The summed E-state index contributed by atoms with van der Waals surface area (Å²) in [5, 5.41) is 0. The fourth-order valence-electron chi connectivity index (χ4n) is 1.53. The van der Waals surface area contributed by atoms with Crippen LogP contribution in [0, 0.1) is 0 Å². The van der Waals surface area contributed by atoms with Gasteiger partial charge in [0.1, 0.15) is 19.0 Å². The molecule has 0 fully saturated rings. The van der Waals surface area contributed by atoms with Crippen LogP contribution in [0.3, 0.4) is 0 Å². The smallest absolute Gasteiger partial charge is 0.339 e. The van der Waals surface area contributed by atoms with E-state index in [-0.39, 0.29) is 13.2 Å². The van der Waals surface area contributed by atoms with Gasteiger partial charge in [-0.05, 0) is 30.3 Å². The normalized spacial score (nSPS) is 10.0. The van der Waals surface area contributed by atoms with Gasteiger partial charge in [-0.3, -0.25) is 0 Å². The zero-order chi connectivity index (χ0) is 15.1. The molecule has 1 aromatic heterocycles. The minimum atomic E-state index is -0.440. The van der Waals surface area contributed by atoms with E-state index < -0.39 is 5.97 Å². The van der Waals surface area contributed by atoms with Gasteiger partial charge in [0, 0.05) is 16.7 Å². The highest BCUT2D eigenvalue weighted by atomic mass is 79.9. The van der Waals surface area contributed by atoms with E-state index in [4.69, 9.17) is 14.2 Å². The lowest BCUT2D eigenvalue weighted by Crippen LogP contribution is -2.12. The lowest BCUT2D eigenvalue weighted by molar-refractivity contribution is 0.0450. The van der Waals surface area contributed by atoms with E-state index in [1.165, 1.54) is 13.3 Å². The Hall–Kier alpha value is -2.08. The zero-order valence-electron chi connectivity index (χ0n) is 11.4. The maximum atomic E-state index is 11.7. The number of nitrogens with zero attached hydrogens (tertiary/aromatic N) is 1. The molecule has 110 valence electrons. The van der Waals surface area contributed by atoms with Crippen LogP contribution < -0.4 is 9.47 Å². The van der Waals surface area contributed by atoms with E-state index in [1.807, 2.05) is 24.3 Å². The van der Waals surface area contributed by atoms with Crippen molar-refractivity contribution in [2.75, 3.05) is 20.3 Å². The van der Waals surface area contributed by atoms with Crippen LogP contribution in [0.2, 0.25) is 0 Å². The van der Waals surface area contributed by atoms with Crippen molar-refractivity contribution in [1.29, 1.82) is 0 Å². The summed E-state index contributed by atoms with van der Waals surface area (Å²) in [4.78, 5) is 15.7. The molecule has 0 radical (unpaired) electrons. The average Bonchev–Trinajstić information content (AvgIpc) is 2.53. The Bertz CT molecular complexity index is 584. The highest BCUT2D eigenvalue weighted by Crippen LogP contribution is 2.16. The monoisotopic (exact) mass is 351 g/mol. The van der Waals surface area contributed by atoms with Crippen LogP contribution in [0.1, 0.15) is 10.4 Å². The summed E-state index contributed by atoms with van der Waals surface area (Å²) >= 11 is 3.34. The van der Waals surface area contributed by atoms with Gasteiger partial charge in [0.15, 0.2) is 0 Å². The minimum Gasteiger partial charge on any atom is -0.490 e. The van der Waals surface area contributed by atoms with Crippen molar-refractivity contribution in [3.63, 3.8) is 0 Å². The molecular weight excluding hydrogens is 338 g/mol. The molecule has 0 aliphatic carbocycles. The van der Waals surface area contributed by atoms with Crippen molar-refractivity contribution >= 4 is 21.9 Å². The number of carbonyl (C=O) groups excluding carboxylic acids is 1. The van der Waals surface area contributed by atoms with Crippen LogP contribution in [0.5, 0.6) is 11.6 Å². The van der Waals surface area contributed by atoms with Crippen molar-refractivity contribution in [1.82, 2.24) is 4.98 Å². The van der Waals surface area contributed by atoms with Crippen LogP contribution in [-0.4, -0.2) is 31.3 Å². The predicted molar refractivity (Wildman–Crippen MR) is 80.7 cm³/mol. The summed E-state index contributed by atoms with van der Waals surface area (Å²) in [6.45, 7) is 0.456. The van der Waals surface area contributed by atoms with E-state index >= 15 is 0 Å². The Kier molecular flexibility index (Phi) is 5.57. The quantitative estimate of drug-likeness (QED) is 0.591. The molecule has 0 atom stereocenters.